The van der Waals surface area contributed by atoms with E-state index in [4.69, 9.17) is 11.6 Å². The third kappa shape index (κ3) is 4.23. The Labute approximate surface area is 142 Å². The van der Waals surface area contributed by atoms with Gasteiger partial charge in [-0.25, -0.2) is 14.2 Å². The lowest BCUT2D eigenvalue weighted by Gasteiger charge is -2.22. The summed E-state index contributed by atoms with van der Waals surface area (Å²) in [5.74, 6) is 0.168. The van der Waals surface area contributed by atoms with Gasteiger partial charge in [0, 0.05) is 12.2 Å². The van der Waals surface area contributed by atoms with Crippen LogP contribution in [-0.2, 0) is 4.79 Å². The Morgan fingerprint density at radius 3 is 2.87 bits per heavy atom. The summed E-state index contributed by atoms with van der Waals surface area (Å²) in [5.41, 5.74) is 0.0114. The lowest BCUT2D eigenvalue weighted by molar-refractivity contribution is -0.119. The lowest BCUT2D eigenvalue weighted by Crippen LogP contribution is -2.37. The Kier molecular flexibility index (Phi) is 5.17. The Hall–Kier alpha value is -1.60. The SMILES string of the molecule is O=C(CSc1nc(=O)n2cc(Cl)ccc2n1)NC1CCCCC1. The van der Waals surface area contributed by atoms with Crippen LogP contribution in [0.15, 0.2) is 28.3 Å². The van der Waals surface area contributed by atoms with E-state index >= 15 is 0 Å². The van der Waals surface area contributed by atoms with Gasteiger partial charge < -0.3 is 5.32 Å². The zero-order chi connectivity index (χ0) is 16.2. The highest BCUT2D eigenvalue weighted by molar-refractivity contribution is 7.99. The molecule has 3 rings (SSSR count). The maximum Gasteiger partial charge on any atom is 0.355 e. The first-order valence-electron chi connectivity index (χ1n) is 7.60. The van der Waals surface area contributed by atoms with Crippen LogP contribution in [0.2, 0.25) is 5.02 Å². The van der Waals surface area contributed by atoms with Crippen LogP contribution < -0.4 is 11.0 Å². The molecule has 122 valence electrons. The van der Waals surface area contributed by atoms with Gasteiger partial charge in [0.1, 0.15) is 5.65 Å². The number of halogens is 1. The first-order valence-corrected chi connectivity index (χ1v) is 8.96. The number of carbonyl (C=O) groups is 1. The molecule has 6 nitrogen and oxygen atoms in total. The maximum atomic E-state index is 12.0. The number of nitrogens with one attached hydrogen (secondary N) is 1. The quantitative estimate of drug-likeness (QED) is 0.854. The average Bonchev–Trinajstić information content (AvgIpc) is 2.55. The topological polar surface area (TPSA) is 76.4 Å². The summed E-state index contributed by atoms with van der Waals surface area (Å²) in [6.45, 7) is 0. The number of amides is 1. The van der Waals surface area contributed by atoms with Gasteiger partial charge in [0.25, 0.3) is 0 Å². The number of hydrogen-bond donors (Lipinski definition) is 1. The molecule has 1 aliphatic rings. The smallest absolute Gasteiger partial charge is 0.353 e. The van der Waals surface area contributed by atoms with Gasteiger partial charge in [0.05, 0.1) is 10.8 Å². The predicted molar refractivity (Wildman–Crippen MR) is 90.0 cm³/mol. The molecule has 2 aromatic rings. The summed E-state index contributed by atoms with van der Waals surface area (Å²) in [4.78, 5) is 32.1. The van der Waals surface area contributed by atoms with Crippen LogP contribution in [0, 0.1) is 0 Å². The molecule has 0 bridgehead atoms. The number of rotatable bonds is 4. The van der Waals surface area contributed by atoms with Gasteiger partial charge in [0.2, 0.25) is 5.91 Å². The summed E-state index contributed by atoms with van der Waals surface area (Å²) in [6.07, 6.45) is 7.16. The molecule has 0 aromatic carbocycles. The second kappa shape index (κ2) is 7.31. The van der Waals surface area contributed by atoms with E-state index in [0.29, 0.717) is 15.8 Å². The Morgan fingerprint density at radius 1 is 1.30 bits per heavy atom. The fourth-order valence-corrected chi connectivity index (χ4v) is 3.49. The van der Waals surface area contributed by atoms with E-state index in [-0.39, 0.29) is 17.7 Å². The van der Waals surface area contributed by atoms with Crippen LogP contribution in [0.1, 0.15) is 32.1 Å². The Bertz CT molecular complexity index is 774. The van der Waals surface area contributed by atoms with Gasteiger partial charge in [-0.15, -0.1) is 0 Å². The molecule has 23 heavy (non-hydrogen) atoms. The zero-order valence-electron chi connectivity index (χ0n) is 12.5. The lowest BCUT2D eigenvalue weighted by atomic mass is 9.95. The van der Waals surface area contributed by atoms with E-state index in [9.17, 15) is 9.59 Å². The van der Waals surface area contributed by atoms with E-state index in [1.165, 1.54) is 41.6 Å². The molecular formula is C15H17ClN4O2S. The molecule has 8 heteroatoms. The van der Waals surface area contributed by atoms with Gasteiger partial charge >= 0.3 is 5.69 Å². The molecular weight excluding hydrogens is 336 g/mol. The molecule has 1 fully saturated rings. The largest absolute Gasteiger partial charge is 0.355 e. The minimum absolute atomic E-state index is 0.0400. The molecule has 1 amide bonds. The highest BCUT2D eigenvalue weighted by Crippen LogP contribution is 2.18. The third-order valence-electron chi connectivity index (χ3n) is 3.80. The van der Waals surface area contributed by atoms with E-state index in [0.717, 1.165) is 12.8 Å². The summed E-state index contributed by atoms with van der Waals surface area (Å²) in [7, 11) is 0. The van der Waals surface area contributed by atoms with Gasteiger partial charge in [-0.2, -0.15) is 4.98 Å². The first kappa shape index (κ1) is 16.3. The number of pyridine rings is 1. The Balaban J connectivity index is 1.63. The van der Waals surface area contributed by atoms with E-state index in [1.807, 2.05) is 0 Å². The van der Waals surface area contributed by atoms with Crippen molar-refractivity contribution in [2.24, 2.45) is 0 Å². The van der Waals surface area contributed by atoms with Crippen molar-refractivity contribution in [3.05, 3.63) is 33.8 Å². The average molecular weight is 353 g/mol. The predicted octanol–water partition coefficient (Wildman–Crippen LogP) is 2.28. The third-order valence-corrected chi connectivity index (χ3v) is 4.87. The van der Waals surface area contributed by atoms with Crippen LogP contribution in [-0.4, -0.2) is 32.1 Å². The molecule has 0 spiro atoms. The zero-order valence-corrected chi connectivity index (χ0v) is 14.1. The van der Waals surface area contributed by atoms with Gasteiger partial charge in [-0.1, -0.05) is 42.6 Å². The molecule has 0 unspecified atom stereocenters. The van der Waals surface area contributed by atoms with E-state index in [1.54, 1.807) is 12.1 Å². The van der Waals surface area contributed by atoms with Crippen LogP contribution in [0.4, 0.5) is 0 Å². The monoisotopic (exact) mass is 352 g/mol. The van der Waals surface area contributed by atoms with Crippen LogP contribution >= 0.6 is 23.4 Å². The molecule has 2 aromatic heterocycles. The van der Waals surface area contributed by atoms with Crippen LogP contribution in [0.25, 0.3) is 5.65 Å². The van der Waals surface area contributed by atoms with Gasteiger partial charge in [-0.05, 0) is 25.0 Å². The van der Waals surface area contributed by atoms with Crippen molar-refractivity contribution in [3.63, 3.8) is 0 Å². The van der Waals surface area contributed by atoms with Crippen molar-refractivity contribution in [1.29, 1.82) is 0 Å². The minimum atomic E-state index is -0.451. The normalized spacial score (nSPS) is 15.7. The van der Waals surface area contributed by atoms with Crippen molar-refractivity contribution < 1.29 is 4.79 Å². The molecule has 2 heterocycles. The number of hydrogen-bond acceptors (Lipinski definition) is 5. The number of carbonyl (C=O) groups excluding carboxylic acids is 1. The van der Waals surface area contributed by atoms with Gasteiger partial charge in [-0.3, -0.25) is 4.79 Å². The molecule has 0 saturated heterocycles. The fraction of sp³-hybridized carbons (Fsp3) is 0.467. The molecule has 0 atom stereocenters. The summed E-state index contributed by atoms with van der Waals surface area (Å²) >= 11 is 7.02. The van der Waals surface area contributed by atoms with E-state index < -0.39 is 5.69 Å². The second-order valence-corrected chi connectivity index (χ2v) is 6.93. The standard InChI is InChI=1S/C15H17ClN4O2S/c16-10-6-7-12-18-14(19-15(22)20(12)8-10)23-9-13(21)17-11-4-2-1-3-5-11/h6-8,11H,1-5,9H2,(H,17,21). The maximum absolute atomic E-state index is 12.0. The molecule has 1 saturated carbocycles. The molecule has 1 N–H and O–H groups in total. The summed E-state index contributed by atoms with van der Waals surface area (Å²) in [5, 5.41) is 3.77. The van der Waals surface area contributed by atoms with Crippen molar-refractivity contribution in [2.75, 3.05) is 5.75 Å². The molecule has 1 aliphatic carbocycles. The first-order chi connectivity index (χ1) is 11.1. The summed E-state index contributed by atoms with van der Waals surface area (Å²) < 4.78 is 1.29. The van der Waals surface area contributed by atoms with Crippen LogP contribution in [0.3, 0.4) is 0 Å². The van der Waals surface area contributed by atoms with Crippen molar-refractivity contribution >= 4 is 34.9 Å². The van der Waals surface area contributed by atoms with Gasteiger partial charge in [0.15, 0.2) is 5.16 Å². The van der Waals surface area contributed by atoms with Crippen molar-refractivity contribution in [1.82, 2.24) is 19.7 Å². The highest BCUT2D eigenvalue weighted by Gasteiger charge is 2.16. The molecule has 0 radical (unpaired) electrons. The second-order valence-electron chi connectivity index (χ2n) is 5.56. The van der Waals surface area contributed by atoms with Crippen molar-refractivity contribution in [3.8, 4) is 0 Å². The minimum Gasteiger partial charge on any atom is -0.353 e. The number of thioether (sulfide) groups is 1. The highest BCUT2D eigenvalue weighted by atomic mass is 35.5. The van der Waals surface area contributed by atoms with Crippen molar-refractivity contribution in [2.45, 2.75) is 43.3 Å². The molecule has 0 aliphatic heterocycles. The van der Waals surface area contributed by atoms with Crippen LogP contribution in [0.5, 0.6) is 0 Å². The number of fused-ring (bicyclic) bond motifs is 1. The van der Waals surface area contributed by atoms with E-state index in [2.05, 4.69) is 15.3 Å². The fourth-order valence-electron chi connectivity index (χ4n) is 2.68. The number of nitrogens with zero attached hydrogens (tertiary/aromatic N) is 3. The summed E-state index contributed by atoms with van der Waals surface area (Å²) in [6, 6.07) is 3.59. The number of aromatic nitrogens is 3. The Morgan fingerprint density at radius 2 is 2.09 bits per heavy atom.